The standard InChI is InChI=1S/C17H22ClNO2S/c1-6-16(18)12(2)14(4)21-10-7-8-17(20)19-9-11-22-15(5)13(19)3/h6H,1,3-5,7-11H2,2H3/b16-12+. The van der Waals surface area contributed by atoms with Crippen LogP contribution in [0.15, 0.2) is 59.4 Å². The maximum Gasteiger partial charge on any atom is 0.227 e. The van der Waals surface area contributed by atoms with E-state index >= 15 is 0 Å². The van der Waals surface area contributed by atoms with E-state index in [2.05, 4.69) is 26.3 Å². The van der Waals surface area contributed by atoms with E-state index in [9.17, 15) is 4.79 Å². The summed E-state index contributed by atoms with van der Waals surface area (Å²) in [6.45, 7) is 18.1. The summed E-state index contributed by atoms with van der Waals surface area (Å²) in [7, 11) is 0. The van der Waals surface area contributed by atoms with Crippen molar-refractivity contribution in [1.82, 2.24) is 4.90 Å². The van der Waals surface area contributed by atoms with Gasteiger partial charge in [-0.25, -0.2) is 0 Å². The summed E-state index contributed by atoms with van der Waals surface area (Å²) >= 11 is 7.58. The molecule has 3 nitrogen and oxygen atoms in total. The third-order valence-electron chi connectivity index (χ3n) is 3.31. The molecule has 1 aliphatic heterocycles. The number of carbonyl (C=O) groups is 1. The van der Waals surface area contributed by atoms with Crippen LogP contribution in [0, 0.1) is 0 Å². The van der Waals surface area contributed by atoms with E-state index in [1.165, 1.54) is 0 Å². The van der Waals surface area contributed by atoms with Crippen molar-refractivity contribution >= 4 is 29.3 Å². The van der Waals surface area contributed by atoms with Crippen molar-refractivity contribution in [2.45, 2.75) is 19.8 Å². The fraction of sp³-hybridized carbons (Fsp3) is 0.353. The van der Waals surface area contributed by atoms with Crippen molar-refractivity contribution in [3.05, 3.63) is 59.4 Å². The second kappa shape index (κ2) is 8.91. The molecule has 1 amide bonds. The molecule has 0 bridgehead atoms. The molecule has 0 aromatic rings. The van der Waals surface area contributed by atoms with Gasteiger partial charge in [-0.15, -0.1) is 11.8 Å². The Hall–Kier alpha value is -1.39. The Morgan fingerprint density at radius 3 is 2.82 bits per heavy atom. The van der Waals surface area contributed by atoms with Crippen LogP contribution in [0.3, 0.4) is 0 Å². The second-order valence-corrected chi connectivity index (χ2v) is 6.41. The Labute approximate surface area is 142 Å². The minimum Gasteiger partial charge on any atom is -0.494 e. The fourth-order valence-corrected chi connectivity index (χ4v) is 2.75. The number of hydrogen-bond acceptors (Lipinski definition) is 3. The fourth-order valence-electron chi connectivity index (χ4n) is 1.85. The van der Waals surface area contributed by atoms with E-state index in [0.717, 1.165) is 16.2 Å². The first-order valence-corrected chi connectivity index (χ1v) is 8.37. The number of halogens is 1. The number of ether oxygens (including phenoxy) is 1. The Balaban J connectivity index is 2.37. The van der Waals surface area contributed by atoms with E-state index in [0.29, 0.717) is 42.5 Å². The van der Waals surface area contributed by atoms with Gasteiger partial charge in [-0.2, -0.15) is 0 Å². The largest absolute Gasteiger partial charge is 0.494 e. The van der Waals surface area contributed by atoms with Crippen LogP contribution in [0.5, 0.6) is 0 Å². The highest BCUT2D eigenvalue weighted by atomic mass is 35.5. The predicted molar refractivity (Wildman–Crippen MR) is 95.5 cm³/mol. The molecule has 1 rings (SSSR count). The van der Waals surface area contributed by atoms with Gasteiger partial charge >= 0.3 is 0 Å². The summed E-state index contributed by atoms with van der Waals surface area (Å²) in [6.07, 6.45) is 2.56. The number of nitrogens with zero attached hydrogens (tertiary/aromatic N) is 1. The lowest BCUT2D eigenvalue weighted by atomic mass is 10.2. The van der Waals surface area contributed by atoms with Crippen LogP contribution >= 0.6 is 23.4 Å². The predicted octanol–water partition coefficient (Wildman–Crippen LogP) is 4.60. The molecule has 0 aliphatic carbocycles. The van der Waals surface area contributed by atoms with Crippen molar-refractivity contribution in [3.63, 3.8) is 0 Å². The molecule has 0 spiro atoms. The average molecular weight is 340 g/mol. The van der Waals surface area contributed by atoms with Crippen molar-refractivity contribution in [1.29, 1.82) is 0 Å². The summed E-state index contributed by atoms with van der Waals surface area (Å²) in [5.41, 5.74) is 1.46. The van der Waals surface area contributed by atoms with Crippen LogP contribution in [0.1, 0.15) is 19.8 Å². The first-order valence-electron chi connectivity index (χ1n) is 7.00. The van der Waals surface area contributed by atoms with E-state index in [1.54, 1.807) is 22.7 Å². The minimum absolute atomic E-state index is 0.0528. The topological polar surface area (TPSA) is 29.5 Å². The summed E-state index contributed by atoms with van der Waals surface area (Å²) in [4.78, 5) is 14.7. The van der Waals surface area contributed by atoms with Crippen LogP contribution in [0.25, 0.3) is 0 Å². The SMILES string of the molecule is C=C/C(Cl)=C(/C)C(=C)OCCCC(=O)N1CCSC(=C)C1=C. The number of amides is 1. The quantitative estimate of drug-likeness (QED) is 0.386. The molecular weight excluding hydrogens is 318 g/mol. The molecule has 22 heavy (non-hydrogen) atoms. The lowest BCUT2D eigenvalue weighted by Crippen LogP contribution is -2.34. The summed E-state index contributed by atoms with van der Waals surface area (Å²) in [5.74, 6) is 1.42. The third-order valence-corrected chi connectivity index (χ3v) is 4.72. The monoisotopic (exact) mass is 339 g/mol. The van der Waals surface area contributed by atoms with Gasteiger partial charge in [-0.1, -0.05) is 44.0 Å². The molecule has 0 saturated carbocycles. The summed E-state index contributed by atoms with van der Waals surface area (Å²) < 4.78 is 5.51. The van der Waals surface area contributed by atoms with Gasteiger partial charge in [0.1, 0.15) is 5.76 Å². The Kier molecular flexibility index (Phi) is 7.56. The zero-order chi connectivity index (χ0) is 16.7. The first kappa shape index (κ1) is 18.7. The van der Waals surface area contributed by atoms with Crippen LogP contribution < -0.4 is 0 Å². The third kappa shape index (κ3) is 5.11. The average Bonchev–Trinajstić information content (AvgIpc) is 2.52. The zero-order valence-electron chi connectivity index (χ0n) is 13.0. The van der Waals surface area contributed by atoms with Gasteiger partial charge in [0.05, 0.1) is 6.61 Å². The van der Waals surface area contributed by atoms with E-state index in [-0.39, 0.29) is 5.91 Å². The molecule has 0 aromatic carbocycles. The molecule has 0 radical (unpaired) electrons. The second-order valence-electron chi connectivity index (χ2n) is 4.82. The highest BCUT2D eigenvalue weighted by Crippen LogP contribution is 2.29. The summed E-state index contributed by atoms with van der Waals surface area (Å²) in [5, 5.41) is 0.515. The lowest BCUT2D eigenvalue weighted by Gasteiger charge is -2.30. The lowest BCUT2D eigenvalue weighted by molar-refractivity contribution is -0.129. The molecule has 1 saturated heterocycles. The molecule has 1 heterocycles. The number of hydrogen-bond donors (Lipinski definition) is 0. The number of thioether (sulfide) groups is 1. The molecule has 1 aliphatic rings. The first-order chi connectivity index (χ1) is 10.4. The van der Waals surface area contributed by atoms with Gasteiger partial charge in [0, 0.05) is 39.9 Å². The van der Waals surface area contributed by atoms with E-state index < -0.39 is 0 Å². The molecule has 0 aromatic heterocycles. The molecule has 120 valence electrons. The maximum absolute atomic E-state index is 12.2. The normalized spacial score (nSPS) is 16.2. The maximum atomic E-state index is 12.2. The van der Waals surface area contributed by atoms with Crippen molar-refractivity contribution in [2.75, 3.05) is 18.9 Å². The minimum atomic E-state index is 0.0528. The molecule has 0 unspecified atom stereocenters. The van der Waals surface area contributed by atoms with Crippen molar-refractivity contribution in [2.24, 2.45) is 0 Å². The van der Waals surface area contributed by atoms with Gasteiger partial charge in [-0.05, 0) is 13.3 Å². The van der Waals surface area contributed by atoms with Crippen LogP contribution in [-0.4, -0.2) is 29.7 Å². The van der Waals surface area contributed by atoms with Crippen molar-refractivity contribution in [3.8, 4) is 0 Å². The van der Waals surface area contributed by atoms with Gasteiger partial charge in [0.2, 0.25) is 5.91 Å². The number of rotatable bonds is 7. The van der Waals surface area contributed by atoms with E-state index in [1.807, 2.05) is 6.92 Å². The van der Waals surface area contributed by atoms with Gasteiger partial charge < -0.3 is 9.64 Å². The van der Waals surface area contributed by atoms with Crippen molar-refractivity contribution < 1.29 is 9.53 Å². The van der Waals surface area contributed by atoms with Gasteiger partial charge in [-0.3, -0.25) is 4.79 Å². The zero-order valence-corrected chi connectivity index (χ0v) is 14.6. The highest BCUT2D eigenvalue weighted by Gasteiger charge is 2.22. The smallest absolute Gasteiger partial charge is 0.227 e. The van der Waals surface area contributed by atoms with Gasteiger partial charge in [0.15, 0.2) is 0 Å². The molecule has 0 N–H and O–H groups in total. The van der Waals surface area contributed by atoms with E-state index in [4.69, 9.17) is 16.3 Å². The van der Waals surface area contributed by atoms with Gasteiger partial charge in [0.25, 0.3) is 0 Å². The van der Waals surface area contributed by atoms with Crippen LogP contribution in [0.4, 0.5) is 0 Å². The number of carbonyl (C=O) groups excluding carboxylic acids is 1. The molecular formula is C17H22ClNO2S. The molecule has 1 fully saturated rings. The summed E-state index contributed by atoms with van der Waals surface area (Å²) in [6, 6.07) is 0. The molecule has 0 atom stereocenters. The van der Waals surface area contributed by atoms with Crippen LogP contribution in [-0.2, 0) is 9.53 Å². The molecule has 5 heteroatoms. The Morgan fingerprint density at radius 2 is 2.18 bits per heavy atom. The number of allylic oxidation sites excluding steroid dienone is 3. The Bertz CT molecular complexity index is 537. The van der Waals surface area contributed by atoms with Crippen LogP contribution in [0.2, 0.25) is 0 Å². The Morgan fingerprint density at radius 1 is 1.50 bits per heavy atom. The highest BCUT2D eigenvalue weighted by molar-refractivity contribution is 8.03.